The van der Waals surface area contributed by atoms with Crippen LogP contribution in [0, 0.1) is 5.92 Å². The van der Waals surface area contributed by atoms with Crippen LogP contribution in [0.4, 0.5) is 0 Å². The molecule has 2 aliphatic rings. The fraction of sp³-hybridized carbons (Fsp3) is 0.516. The van der Waals surface area contributed by atoms with Crippen molar-refractivity contribution < 1.29 is 23.4 Å². The minimum atomic E-state index is -0.0748. The van der Waals surface area contributed by atoms with Crippen LogP contribution in [0.15, 0.2) is 46.9 Å². The summed E-state index contributed by atoms with van der Waals surface area (Å²) in [7, 11) is 4.70. The summed E-state index contributed by atoms with van der Waals surface area (Å²) in [6, 6.07) is 13.8. The topological polar surface area (TPSA) is 64.4 Å². The first kappa shape index (κ1) is 26.4. The Morgan fingerprint density at radius 3 is 2.37 bits per heavy atom. The number of fused-ring (bicyclic) bond motifs is 1. The van der Waals surface area contributed by atoms with Gasteiger partial charge in [-0.05, 0) is 62.4 Å². The summed E-state index contributed by atoms with van der Waals surface area (Å²) in [4.78, 5) is 18.7. The third kappa shape index (κ3) is 5.78. The van der Waals surface area contributed by atoms with E-state index in [9.17, 15) is 4.79 Å². The number of methoxy groups -OCH3 is 3. The predicted octanol–water partition coefficient (Wildman–Crippen LogP) is 6.15. The largest absolute Gasteiger partial charge is 0.493 e. The molecular weight excluding hydrogens is 480 g/mol. The number of para-hydroxylation sites is 1. The van der Waals surface area contributed by atoms with Crippen LogP contribution in [0.25, 0.3) is 11.0 Å². The van der Waals surface area contributed by atoms with Crippen LogP contribution in [0.5, 0.6) is 17.2 Å². The van der Waals surface area contributed by atoms with Crippen LogP contribution in [-0.2, 0) is 6.54 Å². The number of benzene rings is 2. The van der Waals surface area contributed by atoms with Crippen molar-refractivity contribution in [3.63, 3.8) is 0 Å². The van der Waals surface area contributed by atoms with Gasteiger partial charge < -0.3 is 23.5 Å². The average Bonchev–Trinajstić information content (AvgIpc) is 3.57. The van der Waals surface area contributed by atoms with Crippen LogP contribution in [-0.4, -0.2) is 62.7 Å². The lowest BCUT2D eigenvalue weighted by Gasteiger charge is -2.34. The monoisotopic (exact) mass is 520 g/mol. The highest BCUT2D eigenvalue weighted by Crippen LogP contribution is 2.39. The van der Waals surface area contributed by atoms with Gasteiger partial charge in [-0.2, -0.15) is 0 Å². The van der Waals surface area contributed by atoms with Crippen molar-refractivity contribution in [2.75, 3.05) is 41.0 Å². The number of carbonyl (C=O) groups excluding carboxylic acids is 1. The Hall–Kier alpha value is -3.19. The first-order chi connectivity index (χ1) is 18.6. The standard InChI is InChI=1S/C31H40N2O5/c1-35-28-17-24(18-29(36-2)30(28)37-3)31(34)33(21-26-16-23-12-7-8-14-27(23)38-26)20-25-13-9-15-32(25)19-22-10-5-4-6-11-22/h7-8,12,14,16-18,22,25H,4-6,9-11,13,15,19-21H2,1-3H3. The molecule has 1 amide bonds. The van der Waals surface area contributed by atoms with E-state index in [1.165, 1.54) is 38.5 Å². The van der Waals surface area contributed by atoms with Crippen molar-refractivity contribution in [3.05, 3.63) is 53.8 Å². The molecule has 2 aromatic carbocycles. The number of amides is 1. The number of hydrogen-bond donors (Lipinski definition) is 0. The highest BCUT2D eigenvalue weighted by molar-refractivity contribution is 5.95. The van der Waals surface area contributed by atoms with E-state index in [4.69, 9.17) is 18.6 Å². The number of rotatable bonds is 10. The van der Waals surface area contributed by atoms with Gasteiger partial charge in [0.1, 0.15) is 11.3 Å². The van der Waals surface area contributed by atoms with Crippen LogP contribution in [0.3, 0.4) is 0 Å². The molecule has 3 aromatic rings. The highest BCUT2D eigenvalue weighted by atomic mass is 16.5. The van der Waals surface area contributed by atoms with E-state index in [0.717, 1.165) is 42.2 Å². The molecule has 2 heterocycles. The van der Waals surface area contributed by atoms with Gasteiger partial charge in [0.2, 0.25) is 5.75 Å². The molecule has 38 heavy (non-hydrogen) atoms. The summed E-state index contributed by atoms with van der Waals surface area (Å²) in [5, 5.41) is 1.04. The lowest BCUT2D eigenvalue weighted by atomic mass is 9.89. The molecule has 1 saturated heterocycles. The number of likely N-dealkylation sites (tertiary alicyclic amines) is 1. The molecule has 1 aliphatic heterocycles. The number of furan rings is 1. The normalized spacial score (nSPS) is 18.6. The molecule has 1 unspecified atom stereocenters. The van der Waals surface area contributed by atoms with Crippen molar-refractivity contribution in [1.29, 1.82) is 0 Å². The maximum Gasteiger partial charge on any atom is 0.254 e. The third-order valence-corrected chi connectivity index (χ3v) is 8.17. The van der Waals surface area contributed by atoms with E-state index in [1.54, 1.807) is 33.5 Å². The molecule has 1 saturated carbocycles. The van der Waals surface area contributed by atoms with Gasteiger partial charge >= 0.3 is 0 Å². The molecule has 0 radical (unpaired) electrons. The summed E-state index contributed by atoms with van der Waals surface area (Å²) < 4.78 is 22.7. The van der Waals surface area contributed by atoms with Crippen LogP contribution >= 0.6 is 0 Å². The Balaban J connectivity index is 1.42. The van der Waals surface area contributed by atoms with E-state index in [2.05, 4.69) is 4.90 Å². The summed E-state index contributed by atoms with van der Waals surface area (Å²) in [6.07, 6.45) is 9.00. The Bertz CT molecular complexity index is 1170. The lowest BCUT2D eigenvalue weighted by Crippen LogP contribution is -2.44. The zero-order chi connectivity index (χ0) is 26.5. The summed E-state index contributed by atoms with van der Waals surface area (Å²) in [6.45, 7) is 3.30. The highest BCUT2D eigenvalue weighted by Gasteiger charge is 2.31. The Labute approximate surface area is 225 Å². The SMILES string of the molecule is COc1cc(C(=O)N(Cc2cc3ccccc3o2)CC2CCCN2CC2CCCCC2)cc(OC)c1OC. The molecule has 204 valence electrons. The maximum absolute atomic E-state index is 14.1. The smallest absolute Gasteiger partial charge is 0.254 e. The van der Waals surface area contributed by atoms with Crippen LogP contribution in [0.2, 0.25) is 0 Å². The van der Waals surface area contributed by atoms with Gasteiger partial charge in [0.15, 0.2) is 11.5 Å². The molecule has 0 N–H and O–H groups in total. The maximum atomic E-state index is 14.1. The second kappa shape index (κ2) is 12.1. The number of hydrogen-bond acceptors (Lipinski definition) is 6. The van der Waals surface area contributed by atoms with Crippen LogP contribution in [0.1, 0.15) is 61.1 Å². The fourth-order valence-corrected chi connectivity index (χ4v) is 6.21. The van der Waals surface area contributed by atoms with Gasteiger partial charge in [-0.25, -0.2) is 0 Å². The van der Waals surface area contributed by atoms with E-state index in [1.807, 2.05) is 35.2 Å². The van der Waals surface area contributed by atoms with E-state index < -0.39 is 0 Å². The van der Waals surface area contributed by atoms with Gasteiger partial charge in [0.05, 0.1) is 27.9 Å². The first-order valence-electron chi connectivity index (χ1n) is 13.9. The fourth-order valence-electron chi connectivity index (χ4n) is 6.21. The van der Waals surface area contributed by atoms with Crippen LogP contribution < -0.4 is 14.2 Å². The minimum absolute atomic E-state index is 0.0748. The number of ether oxygens (including phenoxy) is 3. The number of carbonyl (C=O) groups is 1. The third-order valence-electron chi connectivity index (χ3n) is 8.17. The average molecular weight is 521 g/mol. The Kier molecular flexibility index (Phi) is 8.42. The van der Waals surface area contributed by atoms with Gasteiger partial charge in [0.25, 0.3) is 5.91 Å². The quantitative estimate of drug-likeness (QED) is 0.320. The minimum Gasteiger partial charge on any atom is -0.493 e. The molecule has 1 aromatic heterocycles. The van der Waals surface area contributed by atoms with Gasteiger partial charge in [-0.1, -0.05) is 37.5 Å². The molecule has 7 nitrogen and oxygen atoms in total. The molecule has 5 rings (SSSR count). The molecule has 2 fully saturated rings. The zero-order valence-corrected chi connectivity index (χ0v) is 22.9. The van der Waals surface area contributed by atoms with Gasteiger partial charge in [-0.15, -0.1) is 0 Å². The zero-order valence-electron chi connectivity index (χ0n) is 22.9. The van der Waals surface area contributed by atoms with Crippen molar-refractivity contribution in [1.82, 2.24) is 9.80 Å². The second-order valence-electron chi connectivity index (χ2n) is 10.6. The summed E-state index contributed by atoms with van der Waals surface area (Å²) >= 11 is 0. The Morgan fingerprint density at radius 1 is 0.947 bits per heavy atom. The van der Waals surface area contributed by atoms with Crippen molar-refractivity contribution in [2.24, 2.45) is 5.92 Å². The summed E-state index contributed by atoms with van der Waals surface area (Å²) in [5.41, 5.74) is 1.34. The van der Waals surface area contributed by atoms with Gasteiger partial charge in [-0.3, -0.25) is 9.69 Å². The lowest BCUT2D eigenvalue weighted by molar-refractivity contribution is 0.0662. The molecular formula is C31H40N2O5. The molecule has 0 bridgehead atoms. The molecule has 7 heteroatoms. The molecule has 0 spiro atoms. The Morgan fingerprint density at radius 2 is 1.68 bits per heavy atom. The summed E-state index contributed by atoms with van der Waals surface area (Å²) in [5.74, 6) is 2.90. The first-order valence-corrected chi connectivity index (χ1v) is 13.9. The van der Waals surface area contributed by atoms with Crippen molar-refractivity contribution >= 4 is 16.9 Å². The van der Waals surface area contributed by atoms with Crippen molar-refractivity contribution in [2.45, 2.75) is 57.5 Å². The van der Waals surface area contributed by atoms with Gasteiger partial charge in [0, 0.05) is 30.1 Å². The second-order valence-corrected chi connectivity index (χ2v) is 10.6. The van der Waals surface area contributed by atoms with Crippen molar-refractivity contribution in [3.8, 4) is 17.2 Å². The predicted molar refractivity (Wildman–Crippen MR) is 148 cm³/mol. The molecule has 1 aliphatic carbocycles. The van der Waals surface area contributed by atoms with E-state index >= 15 is 0 Å². The van der Waals surface area contributed by atoms with E-state index in [-0.39, 0.29) is 5.91 Å². The van der Waals surface area contributed by atoms with E-state index in [0.29, 0.717) is 41.9 Å². The molecule has 1 atom stereocenters. The number of nitrogens with zero attached hydrogens (tertiary/aromatic N) is 2.